The maximum absolute atomic E-state index is 12.0. The molecular weight excluding hydrogens is 388 g/mol. The number of carboxylic acid groups (broad SMARTS) is 1. The predicted octanol–water partition coefficient (Wildman–Crippen LogP) is 4.73. The van der Waals surface area contributed by atoms with E-state index in [0.717, 1.165) is 40.8 Å². The van der Waals surface area contributed by atoms with Gasteiger partial charge in [-0.1, -0.05) is 62.4 Å². The molecule has 0 spiro atoms. The van der Waals surface area contributed by atoms with Gasteiger partial charge in [0.25, 0.3) is 0 Å². The molecule has 0 bridgehead atoms. The molecule has 0 aromatic heterocycles. The van der Waals surface area contributed by atoms with Crippen LogP contribution in [0.1, 0.15) is 52.0 Å². The zero-order valence-corrected chi connectivity index (χ0v) is 18.6. The van der Waals surface area contributed by atoms with E-state index < -0.39 is 5.97 Å². The lowest BCUT2D eigenvalue weighted by Crippen LogP contribution is -2.26. The fourth-order valence-electron chi connectivity index (χ4n) is 3.96. The highest BCUT2D eigenvalue weighted by Gasteiger charge is 2.17. The van der Waals surface area contributed by atoms with Gasteiger partial charge < -0.3 is 16.1 Å². The number of aromatic carboxylic acids is 1. The van der Waals surface area contributed by atoms with Crippen molar-refractivity contribution in [1.82, 2.24) is 6.15 Å². The number of para-hydroxylation sites is 1. The Hall–Kier alpha value is -3.15. The van der Waals surface area contributed by atoms with Gasteiger partial charge in [0.05, 0.1) is 18.3 Å². The summed E-state index contributed by atoms with van der Waals surface area (Å²) in [6, 6.07) is 21.4. The van der Waals surface area contributed by atoms with Crippen LogP contribution in [0.4, 0.5) is 5.69 Å². The van der Waals surface area contributed by atoms with Gasteiger partial charge in [-0.05, 0) is 71.7 Å². The molecule has 31 heavy (non-hydrogen) atoms. The van der Waals surface area contributed by atoms with Crippen LogP contribution in [0, 0.1) is 0 Å². The predicted molar refractivity (Wildman–Crippen MR) is 124 cm³/mol. The second kappa shape index (κ2) is 11.9. The highest BCUT2D eigenvalue weighted by atomic mass is 16.6. The molecule has 0 heterocycles. The lowest BCUT2D eigenvalue weighted by Gasteiger charge is -2.22. The maximum atomic E-state index is 12.0. The van der Waals surface area contributed by atoms with Crippen LogP contribution in [0.25, 0.3) is 0 Å². The van der Waals surface area contributed by atoms with Crippen molar-refractivity contribution in [2.24, 2.45) is 0 Å². The van der Waals surface area contributed by atoms with E-state index >= 15 is 0 Å². The summed E-state index contributed by atoms with van der Waals surface area (Å²) in [4.78, 5) is 17.6. The molecule has 164 valence electrons. The molecule has 0 aliphatic carbocycles. The van der Waals surface area contributed by atoms with Crippen LogP contribution in [-0.2, 0) is 30.5 Å². The van der Waals surface area contributed by atoms with E-state index in [1.807, 2.05) is 60.7 Å². The summed E-state index contributed by atoms with van der Waals surface area (Å²) in [7, 11) is 0. The number of nitrogens with one attached hydrogen (secondary N) is 1. The van der Waals surface area contributed by atoms with Gasteiger partial charge >= 0.3 is 0 Å². The van der Waals surface area contributed by atoms with Crippen molar-refractivity contribution in [3.63, 3.8) is 0 Å². The summed E-state index contributed by atoms with van der Waals surface area (Å²) < 4.78 is 0. The van der Waals surface area contributed by atoms with Crippen molar-refractivity contribution in [2.75, 3.05) is 12.1 Å². The van der Waals surface area contributed by atoms with Crippen LogP contribution < -0.4 is 16.7 Å². The van der Waals surface area contributed by atoms with E-state index in [4.69, 9.17) is 4.84 Å². The quantitative estimate of drug-likeness (QED) is 0.366. The van der Waals surface area contributed by atoms with Gasteiger partial charge in [0, 0.05) is 5.56 Å². The SMILES string of the molecule is CCc1c(CCONc2ccccc2)cc(C(=O)[O-])c(Cc2ccccc2)c1CC.[NH4+]. The van der Waals surface area contributed by atoms with Crippen molar-refractivity contribution >= 4 is 11.7 Å². The number of rotatable bonds is 10. The minimum Gasteiger partial charge on any atom is -0.545 e. The van der Waals surface area contributed by atoms with Crippen LogP contribution in [0.5, 0.6) is 0 Å². The molecule has 0 aliphatic rings. The fraction of sp³-hybridized carbons (Fsp3) is 0.269. The monoisotopic (exact) mass is 420 g/mol. The summed E-state index contributed by atoms with van der Waals surface area (Å²) in [5.74, 6) is -1.12. The first-order chi connectivity index (χ1) is 14.6. The van der Waals surface area contributed by atoms with Gasteiger partial charge in [-0.15, -0.1) is 0 Å². The first kappa shape index (κ1) is 24.1. The summed E-state index contributed by atoms with van der Waals surface area (Å²) in [5, 5.41) is 12.0. The molecule has 5 N–H and O–H groups in total. The van der Waals surface area contributed by atoms with Crippen molar-refractivity contribution in [1.29, 1.82) is 0 Å². The lowest BCUT2D eigenvalue weighted by molar-refractivity contribution is -0.255. The Labute approximate surface area is 184 Å². The molecule has 0 fully saturated rings. The topological polar surface area (TPSA) is 97.9 Å². The third-order valence-electron chi connectivity index (χ3n) is 5.35. The Morgan fingerprint density at radius 2 is 1.52 bits per heavy atom. The van der Waals surface area contributed by atoms with Crippen LogP contribution in [0.3, 0.4) is 0 Å². The number of quaternary nitrogens is 1. The number of hydrogen-bond acceptors (Lipinski definition) is 4. The van der Waals surface area contributed by atoms with E-state index in [-0.39, 0.29) is 6.15 Å². The molecule has 3 rings (SSSR count). The van der Waals surface area contributed by atoms with Crippen LogP contribution in [0.2, 0.25) is 0 Å². The zero-order chi connectivity index (χ0) is 21.3. The average Bonchev–Trinajstić information content (AvgIpc) is 2.78. The van der Waals surface area contributed by atoms with Gasteiger partial charge in [-0.3, -0.25) is 10.3 Å². The Bertz CT molecular complexity index is 973. The largest absolute Gasteiger partial charge is 0.545 e. The fourth-order valence-corrected chi connectivity index (χ4v) is 3.96. The third-order valence-corrected chi connectivity index (χ3v) is 5.35. The van der Waals surface area contributed by atoms with Crippen LogP contribution >= 0.6 is 0 Å². The third kappa shape index (κ3) is 6.17. The standard InChI is InChI=1S/C26H29NO3.H3N/c1-3-22-20(15-16-30-27-21-13-9-6-10-14-21)18-25(26(28)29)24(23(22)4-2)17-19-11-7-5-8-12-19;/h5-14,18,27H,3-4,15-17H2,1-2H3,(H,28,29);1H3. The van der Waals surface area contributed by atoms with Gasteiger partial charge in [0.1, 0.15) is 0 Å². The van der Waals surface area contributed by atoms with E-state index in [0.29, 0.717) is 25.0 Å². The van der Waals surface area contributed by atoms with E-state index in [9.17, 15) is 9.90 Å². The van der Waals surface area contributed by atoms with Gasteiger partial charge in [-0.25, -0.2) is 0 Å². The molecule has 5 nitrogen and oxygen atoms in total. The van der Waals surface area contributed by atoms with Gasteiger partial charge in [0.2, 0.25) is 0 Å². The van der Waals surface area contributed by atoms with Crippen LogP contribution in [0.15, 0.2) is 66.7 Å². The number of carbonyl (C=O) groups is 1. The van der Waals surface area contributed by atoms with Crippen LogP contribution in [-0.4, -0.2) is 12.6 Å². The zero-order valence-electron chi connectivity index (χ0n) is 18.6. The van der Waals surface area contributed by atoms with E-state index in [1.54, 1.807) is 6.07 Å². The molecule has 0 unspecified atom stereocenters. The lowest BCUT2D eigenvalue weighted by atomic mass is 9.85. The number of benzene rings is 3. The maximum Gasteiger partial charge on any atom is 0.0786 e. The molecule has 5 heteroatoms. The summed E-state index contributed by atoms with van der Waals surface area (Å²) in [6.07, 6.45) is 2.84. The smallest absolute Gasteiger partial charge is 0.0786 e. The Balaban J connectivity index is 0.00000341. The van der Waals surface area contributed by atoms with Gasteiger partial charge in [-0.2, -0.15) is 0 Å². The molecule has 0 aliphatic heterocycles. The number of anilines is 1. The molecule has 3 aromatic rings. The molecule has 0 saturated carbocycles. The Morgan fingerprint density at radius 3 is 2.10 bits per heavy atom. The van der Waals surface area contributed by atoms with E-state index in [2.05, 4.69) is 19.3 Å². The van der Waals surface area contributed by atoms with Gasteiger partial charge in [0.15, 0.2) is 0 Å². The number of carbonyl (C=O) groups excluding carboxylic acids is 1. The first-order valence-corrected chi connectivity index (χ1v) is 10.5. The second-order valence-electron chi connectivity index (χ2n) is 7.24. The number of hydrogen-bond donors (Lipinski definition) is 2. The molecule has 0 radical (unpaired) electrons. The van der Waals surface area contributed by atoms with Crippen molar-refractivity contribution in [3.8, 4) is 0 Å². The Morgan fingerprint density at radius 1 is 0.903 bits per heavy atom. The van der Waals surface area contributed by atoms with Crippen molar-refractivity contribution in [3.05, 3.63) is 100 Å². The van der Waals surface area contributed by atoms with Crippen molar-refractivity contribution in [2.45, 2.75) is 39.5 Å². The number of carboxylic acids is 1. The normalized spacial score (nSPS) is 10.4. The highest BCUT2D eigenvalue weighted by Crippen LogP contribution is 2.28. The minimum atomic E-state index is -1.12. The average molecular weight is 421 g/mol. The van der Waals surface area contributed by atoms with E-state index in [1.165, 1.54) is 5.56 Å². The molecule has 0 saturated heterocycles. The summed E-state index contributed by atoms with van der Waals surface area (Å²) in [5.41, 5.74) is 9.43. The first-order valence-electron chi connectivity index (χ1n) is 10.5. The summed E-state index contributed by atoms with van der Waals surface area (Å²) >= 11 is 0. The minimum absolute atomic E-state index is 0. The Kier molecular flexibility index (Phi) is 9.25. The second-order valence-corrected chi connectivity index (χ2v) is 7.24. The highest BCUT2D eigenvalue weighted by molar-refractivity contribution is 5.89. The molecular formula is C26H32N2O3. The molecule has 0 atom stereocenters. The van der Waals surface area contributed by atoms with Crippen molar-refractivity contribution < 1.29 is 14.7 Å². The molecule has 0 amide bonds. The molecule has 3 aromatic carbocycles. The summed E-state index contributed by atoms with van der Waals surface area (Å²) in [6.45, 7) is 4.64.